The Morgan fingerprint density at radius 3 is 2.29 bits per heavy atom. The van der Waals surface area contributed by atoms with E-state index in [1.54, 1.807) is 10.6 Å². The van der Waals surface area contributed by atoms with Crippen molar-refractivity contribution in [3.63, 3.8) is 0 Å². The molecule has 0 aliphatic heterocycles. The van der Waals surface area contributed by atoms with Crippen LogP contribution in [0.2, 0.25) is 0 Å². The van der Waals surface area contributed by atoms with Crippen molar-refractivity contribution in [2.75, 3.05) is 11.1 Å². The summed E-state index contributed by atoms with van der Waals surface area (Å²) in [4.78, 5) is 30.5. The van der Waals surface area contributed by atoms with Crippen molar-refractivity contribution in [2.24, 2.45) is 0 Å². The number of thioether (sulfide) groups is 1. The Bertz CT molecular complexity index is 1110. The molecule has 5 nitrogen and oxygen atoms in total. The van der Waals surface area contributed by atoms with E-state index in [-0.39, 0.29) is 17.2 Å². The first-order chi connectivity index (χ1) is 14.8. The Hall–Kier alpha value is -2.60. The maximum atomic E-state index is 12.9. The lowest BCUT2D eigenvalue weighted by Crippen LogP contribution is -2.24. The maximum absolute atomic E-state index is 12.9. The number of nitrogens with one attached hydrogen (secondary N) is 1. The molecule has 0 aliphatic rings. The predicted octanol–water partition coefficient (Wildman–Crippen LogP) is 5.78. The number of hydrogen-bond acceptors (Lipinski definition) is 4. The zero-order valence-electron chi connectivity index (χ0n) is 18.9. The Morgan fingerprint density at radius 2 is 1.68 bits per heavy atom. The lowest BCUT2D eigenvalue weighted by molar-refractivity contribution is -0.113. The second-order valence-electron chi connectivity index (χ2n) is 8.33. The minimum absolute atomic E-state index is 0.0531. The molecule has 31 heavy (non-hydrogen) atoms. The third-order valence-corrected chi connectivity index (χ3v) is 6.22. The molecule has 3 aromatic rings. The minimum atomic E-state index is -0.0922. The summed E-state index contributed by atoms with van der Waals surface area (Å²) in [6.07, 6.45) is 0.819. The largest absolute Gasteiger partial charge is 0.325 e. The minimum Gasteiger partial charge on any atom is -0.325 e. The van der Waals surface area contributed by atoms with Crippen LogP contribution in [0.3, 0.4) is 0 Å². The molecule has 0 bridgehead atoms. The Morgan fingerprint density at radius 1 is 1.03 bits per heavy atom. The molecule has 164 valence electrons. The molecular formula is C25H31N3O2S. The van der Waals surface area contributed by atoms with Gasteiger partial charge in [-0.1, -0.05) is 76.7 Å². The monoisotopic (exact) mass is 437 g/mol. The first kappa shape index (κ1) is 23.1. The number of carbonyl (C=O) groups is 1. The number of aromatic nitrogens is 2. The van der Waals surface area contributed by atoms with Gasteiger partial charge in [-0.05, 0) is 41.5 Å². The molecule has 0 atom stereocenters. The fourth-order valence-corrected chi connectivity index (χ4v) is 4.50. The van der Waals surface area contributed by atoms with E-state index in [2.05, 4.69) is 56.2 Å². The average Bonchev–Trinajstić information content (AvgIpc) is 2.74. The fourth-order valence-electron chi connectivity index (χ4n) is 3.68. The first-order valence-electron chi connectivity index (χ1n) is 10.9. The van der Waals surface area contributed by atoms with Gasteiger partial charge in [-0.25, -0.2) is 4.98 Å². The summed E-state index contributed by atoms with van der Waals surface area (Å²) >= 11 is 1.31. The number of amides is 1. The molecule has 0 unspecified atom stereocenters. The summed E-state index contributed by atoms with van der Waals surface area (Å²) in [5.74, 6) is 0.709. The lowest BCUT2D eigenvalue weighted by atomic mass is 9.92. The van der Waals surface area contributed by atoms with Gasteiger partial charge in [0.1, 0.15) is 0 Å². The van der Waals surface area contributed by atoms with Gasteiger partial charge in [0.2, 0.25) is 5.91 Å². The van der Waals surface area contributed by atoms with Crippen molar-refractivity contribution in [2.45, 2.75) is 64.6 Å². The summed E-state index contributed by atoms with van der Waals surface area (Å²) in [6.45, 7) is 11.1. The second kappa shape index (κ2) is 10.1. The van der Waals surface area contributed by atoms with E-state index in [4.69, 9.17) is 0 Å². The van der Waals surface area contributed by atoms with Gasteiger partial charge < -0.3 is 5.32 Å². The molecule has 0 saturated carbocycles. The van der Waals surface area contributed by atoms with Crippen LogP contribution in [0.15, 0.2) is 52.4 Å². The van der Waals surface area contributed by atoms with Crippen LogP contribution in [-0.4, -0.2) is 21.2 Å². The molecule has 0 saturated heterocycles. The summed E-state index contributed by atoms with van der Waals surface area (Å²) in [6, 6.07) is 13.6. The molecule has 6 heteroatoms. The van der Waals surface area contributed by atoms with Crippen molar-refractivity contribution in [1.82, 2.24) is 9.55 Å². The standard InChI is InChI=1S/C25H31N3O2S/c1-6-14-28-24(30)20-10-7-8-13-21(20)26-25(28)31-15-22(29)27-23-18(16(2)3)11-9-12-19(23)17(4)5/h7-13,16-17H,6,14-15H2,1-5H3,(H,27,29). The number of benzene rings is 2. The molecule has 1 heterocycles. The first-order valence-corrected chi connectivity index (χ1v) is 11.9. The maximum Gasteiger partial charge on any atom is 0.262 e. The van der Waals surface area contributed by atoms with Crippen molar-refractivity contribution in [1.29, 1.82) is 0 Å². The SMILES string of the molecule is CCCn1c(SCC(=O)Nc2c(C(C)C)cccc2C(C)C)nc2ccccc2c1=O. The number of anilines is 1. The van der Waals surface area contributed by atoms with Crippen molar-refractivity contribution < 1.29 is 4.79 Å². The zero-order valence-corrected chi connectivity index (χ0v) is 19.8. The van der Waals surface area contributed by atoms with E-state index < -0.39 is 0 Å². The highest BCUT2D eigenvalue weighted by atomic mass is 32.2. The normalized spacial score (nSPS) is 11.5. The third-order valence-electron chi connectivity index (χ3n) is 5.24. The smallest absolute Gasteiger partial charge is 0.262 e. The van der Waals surface area contributed by atoms with E-state index in [1.165, 1.54) is 11.8 Å². The summed E-state index contributed by atoms with van der Waals surface area (Å²) in [5.41, 5.74) is 3.79. The second-order valence-corrected chi connectivity index (χ2v) is 9.27. The Labute approximate surface area is 188 Å². The van der Waals surface area contributed by atoms with Crippen LogP contribution in [0.25, 0.3) is 10.9 Å². The lowest BCUT2D eigenvalue weighted by Gasteiger charge is -2.20. The zero-order chi connectivity index (χ0) is 22.5. The van der Waals surface area contributed by atoms with Crippen molar-refractivity contribution in [3.8, 4) is 0 Å². The van der Waals surface area contributed by atoms with E-state index in [1.807, 2.05) is 25.1 Å². The average molecular weight is 438 g/mol. The van der Waals surface area contributed by atoms with Gasteiger partial charge in [-0.2, -0.15) is 0 Å². The molecule has 2 aromatic carbocycles. The van der Waals surface area contributed by atoms with E-state index in [9.17, 15) is 9.59 Å². The number of nitrogens with zero attached hydrogens (tertiary/aromatic N) is 2. The van der Waals surface area contributed by atoms with Gasteiger partial charge in [0.25, 0.3) is 5.56 Å². The number of rotatable bonds is 8. The Kier molecular flexibility index (Phi) is 7.55. The van der Waals surface area contributed by atoms with E-state index in [0.29, 0.717) is 34.4 Å². The highest BCUT2D eigenvalue weighted by Crippen LogP contribution is 2.32. The van der Waals surface area contributed by atoms with Crippen molar-refractivity contribution >= 4 is 34.3 Å². The van der Waals surface area contributed by atoms with Crippen molar-refractivity contribution in [3.05, 3.63) is 63.9 Å². The molecule has 0 fully saturated rings. The fraction of sp³-hybridized carbons (Fsp3) is 0.400. The number of fused-ring (bicyclic) bond motifs is 1. The summed E-state index contributed by atoms with van der Waals surface area (Å²) in [7, 11) is 0. The molecular weight excluding hydrogens is 406 g/mol. The van der Waals surface area contributed by atoms with Gasteiger partial charge in [-0.3, -0.25) is 14.2 Å². The van der Waals surface area contributed by atoms with Gasteiger partial charge in [0.15, 0.2) is 5.16 Å². The van der Waals surface area contributed by atoms with Crippen LogP contribution < -0.4 is 10.9 Å². The van der Waals surface area contributed by atoms with Crippen LogP contribution in [-0.2, 0) is 11.3 Å². The van der Waals surface area contributed by atoms with Crippen LogP contribution in [0, 0.1) is 0 Å². The molecule has 3 rings (SSSR count). The summed E-state index contributed by atoms with van der Waals surface area (Å²) in [5, 5.41) is 4.33. The molecule has 1 amide bonds. The highest BCUT2D eigenvalue weighted by Gasteiger charge is 2.17. The van der Waals surface area contributed by atoms with Crippen LogP contribution in [0.4, 0.5) is 5.69 Å². The Balaban J connectivity index is 1.86. The van der Waals surface area contributed by atoms with Gasteiger partial charge in [0, 0.05) is 12.2 Å². The highest BCUT2D eigenvalue weighted by molar-refractivity contribution is 7.99. The molecule has 0 radical (unpaired) electrons. The summed E-state index contributed by atoms with van der Waals surface area (Å²) < 4.78 is 1.68. The van der Waals surface area contributed by atoms with Gasteiger partial charge >= 0.3 is 0 Å². The molecule has 1 N–H and O–H groups in total. The van der Waals surface area contributed by atoms with Gasteiger partial charge in [-0.15, -0.1) is 0 Å². The number of hydrogen-bond donors (Lipinski definition) is 1. The quantitative estimate of drug-likeness (QED) is 0.358. The number of carbonyl (C=O) groups excluding carboxylic acids is 1. The molecule has 0 spiro atoms. The third kappa shape index (κ3) is 5.18. The topological polar surface area (TPSA) is 64.0 Å². The van der Waals surface area contributed by atoms with Crippen LogP contribution in [0.1, 0.15) is 64.0 Å². The van der Waals surface area contributed by atoms with E-state index >= 15 is 0 Å². The van der Waals surface area contributed by atoms with Crippen LogP contribution in [0.5, 0.6) is 0 Å². The van der Waals surface area contributed by atoms with Gasteiger partial charge in [0.05, 0.1) is 16.7 Å². The predicted molar refractivity (Wildman–Crippen MR) is 130 cm³/mol. The van der Waals surface area contributed by atoms with Crippen LogP contribution >= 0.6 is 11.8 Å². The molecule has 0 aliphatic carbocycles. The van der Waals surface area contributed by atoms with E-state index in [0.717, 1.165) is 23.2 Å². The number of para-hydroxylation sites is 2. The molecule has 1 aromatic heterocycles.